The largest absolute Gasteiger partial charge is 0.481 e. The fourth-order valence-electron chi connectivity index (χ4n) is 13.8. The SMILES string of the molecule is CC(C)C1=C2C(CC1=O)[C@@H]([C@@H](O)CN(CCN(C)C)Cc1ccc(Cl)cc1)C[C@]1(C)[C@@H]2CC[C@@H]2[C@@]3(C)CC[C@H](OC(=O)CC(C)(C)C(=O)O)C(C)(C)[C@@H]3CC[C@]21C. The standard InChI is InChI=1S/C48H73ClN2O6/c1-29(2)41-35(52)24-32-33(36(53)28-51(23-22-50(10)11)27-30-12-14-31(49)15-13-30)25-48(9)34(42(32)41)16-17-38-46(7)20-19-39(57-40(54)26-44(3,4)43(55)56)45(5,6)37(46)18-21-47(38,48)8/h12-15,29,32-34,36-39,53H,16-28H2,1-11H3,(H,55,56)/t32?,33-,34+,36-,37-,38+,39-,46-,47+,48+/m0/s1. The number of nitrogens with zero attached hydrogens (tertiary/aromatic N) is 2. The van der Waals surface area contributed by atoms with Gasteiger partial charge in [0.25, 0.3) is 0 Å². The third-order valence-electron chi connectivity index (χ3n) is 16.9. The van der Waals surface area contributed by atoms with Crippen molar-refractivity contribution >= 4 is 29.3 Å². The molecule has 0 saturated heterocycles. The van der Waals surface area contributed by atoms with E-state index in [4.69, 9.17) is 16.3 Å². The minimum atomic E-state index is -1.18. The first-order valence-electron chi connectivity index (χ1n) is 22.0. The Morgan fingerprint density at radius 1 is 0.947 bits per heavy atom. The number of hydrogen-bond acceptors (Lipinski definition) is 7. The maximum absolute atomic E-state index is 14.1. The van der Waals surface area contributed by atoms with Crippen molar-refractivity contribution in [2.75, 3.05) is 33.7 Å². The number of likely N-dealkylation sites (N-methyl/N-ethyl adjacent to an activating group) is 1. The van der Waals surface area contributed by atoms with Crippen molar-refractivity contribution < 1.29 is 29.3 Å². The van der Waals surface area contributed by atoms with Gasteiger partial charge in [0, 0.05) is 43.0 Å². The van der Waals surface area contributed by atoms with Crippen LogP contribution >= 0.6 is 11.6 Å². The van der Waals surface area contributed by atoms with Gasteiger partial charge >= 0.3 is 11.9 Å². The molecule has 1 aromatic carbocycles. The molecule has 10 atom stereocenters. The monoisotopic (exact) mass is 809 g/mol. The van der Waals surface area contributed by atoms with Gasteiger partial charge in [-0.15, -0.1) is 0 Å². The number of fused-ring (bicyclic) bond motifs is 7. The van der Waals surface area contributed by atoms with Crippen molar-refractivity contribution in [1.29, 1.82) is 0 Å². The van der Waals surface area contributed by atoms with Gasteiger partial charge < -0.3 is 19.8 Å². The minimum absolute atomic E-state index is 0.0101. The van der Waals surface area contributed by atoms with E-state index in [-0.39, 0.29) is 51.9 Å². The number of aliphatic carboxylic acids is 1. The van der Waals surface area contributed by atoms with E-state index in [9.17, 15) is 24.6 Å². The Labute approximate surface area is 348 Å². The van der Waals surface area contributed by atoms with Gasteiger partial charge in [0.05, 0.1) is 17.9 Å². The number of aliphatic hydroxyl groups excluding tert-OH is 1. The van der Waals surface area contributed by atoms with E-state index in [1.54, 1.807) is 13.8 Å². The first-order chi connectivity index (χ1) is 26.5. The summed E-state index contributed by atoms with van der Waals surface area (Å²) in [5.74, 6) is 0.199. The summed E-state index contributed by atoms with van der Waals surface area (Å²) in [7, 11) is 4.18. The molecular weight excluding hydrogens is 736 g/mol. The van der Waals surface area contributed by atoms with Crippen LogP contribution in [0, 0.1) is 62.6 Å². The molecule has 6 rings (SSSR count). The third-order valence-corrected chi connectivity index (χ3v) is 17.2. The van der Waals surface area contributed by atoms with Crippen LogP contribution in [0.4, 0.5) is 0 Å². The average Bonchev–Trinajstić information content (AvgIpc) is 3.45. The van der Waals surface area contributed by atoms with Crippen molar-refractivity contribution in [3.63, 3.8) is 0 Å². The second-order valence-corrected chi connectivity index (χ2v) is 22.1. The number of allylic oxidation sites excluding steroid dienone is 2. The van der Waals surface area contributed by atoms with Gasteiger partial charge in [0.2, 0.25) is 0 Å². The summed E-state index contributed by atoms with van der Waals surface area (Å²) in [5.41, 5.74) is 2.08. The van der Waals surface area contributed by atoms with E-state index in [1.165, 1.54) is 11.1 Å². The highest BCUT2D eigenvalue weighted by Gasteiger charge is 2.70. The van der Waals surface area contributed by atoms with Gasteiger partial charge in [-0.05, 0) is 148 Å². The molecule has 9 heteroatoms. The van der Waals surface area contributed by atoms with Gasteiger partial charge in [0.1, 0.15) is 6.10 Å². The van der Waals surface area contributed by atoms with Crippen LogP contribution in [-0.4, -0.2) is 83.7 Å². The van der Waals surface area contributed by atoms with Crippen molar-refractivity contribution in [2.24, 2.45) is 62.6 Å². The molecule has 0 aliphatic heterocycles. The van der Waals surface area contributed by atoms with Gasteiger partial charge in [-0.1, -0.05) is 77.8 Å². The molecule has 0 amide bonds. The molecule has 0 aromatic heterocycles. The Bertz CT molecular complexity index is 1720. The zero-order chi connectivity index (χ0) is 42.0. The van der Waals surface area contributed by atoms with Gasteiger partial charge in [-0.25, -0.2) is 0 Å². The topological polar surface area (TPSA) is 107 Å². The molecule has 57 heavy (non-hydrogen) atoms. The molecule has 5 aliphatic rings. The number of halogens is 1. The average molecular weight is 810 g/mol. The summed E-state index contributed by atoms with van der Waals surface area (Å²) in [6.07, 6.45) is 6.42. The number of benzene rings is 1. The number of ketones is 1. The highest BCUT2D eigenvalue weighted by atomic mass is 35.5. The van der Waals surface area contributed by atoms with Crippen LogP contribution in [0.2, 0.25) is 5.02 Å². The van der Waals surface area contributed by atoms with Crippen LogP contribution in [0.15, 0.2) is 35.4 Å². The van der Waals surface area contributed by atoms with Crippen LogP contribution in [0.5, 0.6) is 0 Å². The Balaban J connectivity index is 1.31. The number of aliphatic hydroxyl groups is 1. The van der Waals surface area contributed by atoms with Crippen molar-refractivity contribution in [2.45, 2.75) is 139 Å². The number of carboxylic acid groups (broad SMARTS) is 1. The number of Topliss-reactive ketones (excluding diaryl/α,β-unsaturated/α-hetero) is 1. The zero-order valence-electron chi connectivity index (χ0n) is 36.9. The van der Waals surface area contributed by atoms with Gasteiger partial charge in [-0.3, -0.25) is 19.3 Å². The Morgan fingerprint density at radius 3 is 2.23 bits per heavy atom. The first-order valence-corrected chi connectivity index (χ1v) is 22.3. The van der Waals surface area contributed by atoms with E-state index in [2.05, 4.69) is 84.5 Å². The molecule has 1 aromatic rings. The summed E-state index contributed by atoms with van der Waals surface area (Å²) in [6.45, 7) is 22.7. The van der Waals surface area contributed by atoms with Crippen LogP contribution in [0.3, 0.4) is 0 Å². The fraction of sp³-hybridized carbons (Fsp3) is 0.771. The smallest absolute Gasteiger partial charge is 0.309 e. The van der Waals surface area contributed by atoms with Crippen molar-refractivity contribution in [3.05, 3.63) is 46.0 Å². The first kappa shape index (κ1) is 44.3. The Hall–Kier alpha value is -2.26. The zero-order valence-corrected chi connectivity index (χ0v) is 37.7. The van der Waals surface area contributed by atoms with Crippen LogP contribution in [-0.2, 0) is 25.7 Å². The molecule has 0 radical (unpaired) electrons. The molecule has 0 heterocycles. The summed E-state index contributed by atoms with van der Waals surface area (Å²) in [6, 6.07) is 8.03. The van der Waals surface area contributed by atoms with E-state index in [0.717, 1.165) is 70.2 Å². The molecule has 0 spiro atoms. The molecular formula is C48H73ClN2O6. The molecule has 5 aliphatic carbocycles. The maximum atomic E-state index is 14.1. The van der Waals surface area contributed by atoms with E-state index in [0.29, 0.717) is 41.5 Å². The number of esters is 1. The Kier molecular flexibility index (Phi) is 12.4. The minimum Gasteiger partial charge on any atom is -0.481 e. The summed E-state index contributed by atoms with van der Waals surface area (Å²) < 4.78 is 6.21. The van der Waals surface area contributed by atoms with Crippen molar-refractivity contribution in [3.8, 4) is 0 Å². The number of carbonyl (C=O) groups excluding carboxylic acids is 2. The summed E-state index contributed by atoms with van der Waals surface area (Å²) in [4.78, 5) is 43.6. The number of hydrogen-bond donors (Lipinski definition) is 2. The molecule has 318 valence electrons. The van der Waals surface area contributed by atoms with Crippen molar-refractivity contribution in [1.82, 2.24) is 9.80 Å². The van der Waals surface area contributed by atoms with Crippen LogP contribution < -0.4 is 0 Å². The second kappa shape index (κ2) is 16.0. The Morgan fingerprint density at radius 2 is 1.61 bits per heavy atom. The van der Waals surface area contributed by atoms with Crippen LogP contribution in [0.25, 0.3) is 0 Å². The van der Waals surface area contributed by atoms with Crippen LogP contribution in [0.1, 0.15) is 126 Å². The van der Waals surface area contributed by atoms with Gasteiger partial charge in [-0.2, -0.15) is 0 Å². The number of rotatable bonds is 13. The molecule has 8 nitrogen and oxygen atoms in total. The predicted octanol–water partition coefficient (Wildman–Crippen LogP) is 9.31. The third kappa shape index (κ3) is 7.92. The van der Waals surface area contributed by atoms with E-state index in [1.807, 2.05) is 12.1 Å². The number of carboxylic acids is 1. The molecule has 2 N–H and O–H groups in total. The summed E-state index contributed by atoms with van der Waals surface area (Å²) in [5, 5.41) is 23.0. The molecule has 1 unspecified atom stereocenters. The lowest BCUT2D eigenvalue weighted by Crippen LogP contribution is -2.66. The van der Waals surface area contributed by atoms with E-state index < -0.39 is 23.5 Å². The molecule has 0 bridgehead atoms. The number of ether oxygens (including phenoxy) is 1. The molecule has 4 fully saturated rings. The predicted molar refractivity (Wildman–Crippen MR) is 227 cm³/mol. The molecule has 4 saturated carbocycles. The highest BCUT2D eigenvalue weighted by Crippen LogP contribution is 2.76. The number of carbonyl (C=O) groups is 3. The fourth-order valence-corrected chi connectivity index (χ4v) is 13.9. The lowest BCUT2D eigenvalue weighted by molar-refractivity contribution is -0.237. The second-order valence-electron chi connectivity index (χ2n) is 21.7. The highest BCUT2D eigenvalue weighted by molar-refractivity contribution is 6.30. The normalized spacial score (nSPS) is 35.5. The summed E-state index contributed by atoms with van der Waals surface area (Å²) >= 11 is 6.25. The lowest BCUT2D eigenvalue weighted by atomic mass is 9.33. The lowest BCUT2D eigenvalue weighted by Gasteiger charge is -2.72. The van der Waals surface area contributed by atoms with E-state index >= 15 is 0 Å². The maximum Gasteiger partial charge on any atom is 0.309 e. The van der Waals surface area contributed by atoms with Gasteiger partial charge in [0.15, 0.2) is 5.78 Å². The quantitative estimate of drug-likeness (QED) is 0.190.